The van der Waals surface area contributed by atoms with Crippen LogP contribution >= 0.6 is 0 Å². The lowest BCUT2D eigenvalue weighted by Gasteiger charge is -2.32. The quantitative estimate of drug-likeness (QED) is 0.900. The highest BCUT2D eigenvalue weighted by molar-refractivity contribution is 5.87. The molecule has 3 rings (SSSR count). The van der Waals surface area contributed by atoms with Gasteiger partial charge in [0, 0.05) is 46.7 Å². The average Bonchev–Trinajstić information content (AvgIpc) is 3.00. The van der Waals surface area contributed by atoms with Crippen molar-refractivity contribution in [1.82, 2.24) is 25.0 Å². The Hall–Kier alpha value is -2.71. The van der Waals surface area contributed by atoms with Crippen molar-refractivity contribution in [2.75, 3.05) is 37.4 Å². The molecule has 25 heavy (non-hydrogen) atoms. The van der Waals surface area contributed by atoms with Gasteiger partial charge in [-0.25, -0.2) is 9.78 Å². The maximum Gasteiger partial charge on any atom is 0.324 e. The zero-order valence-electron chi connectivity index (χ0n) is 14.8. The standard InChI is InChI=1S/C16H23N7O2/c1-11-18-13(21-25-11)9-12-5-4-8-23(10-12)16(24)20-15-17-7-6-14(19-15)22(2)3/h6-7,12H,4-5,8-10H2,1-3H3,(H,17,19,20,24)/t12-/m1/s1. The number of likely N-dealkylation sites (tertiary alicyclic amines) is 1. The van der Waals surface area contributed by atoms with E-state index in [-0.39, 0.29) is 6.03 Å². The van der Waals surface area contributed by atoms with Gasteiger partial charge in [-0.1, -0.05) is 5.16 Å². The SMILES string of the molecule is Cc1nc(C[C@H]2CCCN(C(=O)Nc3nccc(N(C)C)n3)C2)no1. The van der Waals surface area contributed by atoms with Crippen LogP contribution in [0.2, 0.25) is 0 Å². The highest BCUT2D eigenvalue weighted by Crippen LogP contribution is 2.20. The molecule has 0 unspecified atom stereocenters. The first-order valence-electron chi connectivity index (χ1n) is 8.37. The van der Waals surface area contributed by atoms with Gasteiger partial charge in [0.1, 0.15) is 5.82 Å². The van der Waals surface area contributed by atoms with E-state index < -0.39 is 0 Å². The Morgan fingerprint density at radius 3 is 3.00 bits per heavy atom. The number of aryl methyl sites for hydroxylation is 1. The molecule has 0 aromatic carbocycles. The summed E-state index contributed by atoms with van der Waals surface area (Å²) < 4.78 is 5.02. The Morgan fingerprint density at radius 1 is 1.44 bits per heavy atom. The van der Waals surface area contributed by atoms with E-state index in [9.17, 15) is 4.79 Å². The minimum atomic E-state index is -0.176. The second-order valence-electron chi connectivity index (χ2n) is 6.45. The smallest absolute Gasteiger partial charge is 0.324 e. The van der Waals surface area contributed by atoms with E-state index in [4.69, 9.17) is 4.52 Å². The zero-order chi connectivity index (χ0) is 17.8. The Kier molecular flexibility index (Phi) is 5.11. The molecule has 9 nitrogen and oxygen atoms in total. The highest BCUT2D eigenvalue weighted by atomic mass is 16.5. The molecule has 0 saturated carbocycles. The lowest BCUT2D eigenvalue weighted by Crippen LogP contribution is -2.43. The van der Waals surface area contributed by atoms with Gasteiger partial charge in [-0.2, -0.15) is 9.97 Å². The molecule has 0 radical (unpaired) electrons. The van der Waals surface area contributed by atoms with Crippen molar-refractivity contribution in [3.8, 4) is 0 Å². The number of rotatable bonds is 4. The van der Waals surface area contributed by atoms with Crippen molar-refractivity contribution in [2.45, 2.75) is 26.2 Å². The maximum atomic E-state index is 12.5. The molecule has 1 atom stereocenters. The molecule has 0 spiro atoms. The Bertz CT molecular complexity index is 731. The molecule has 1 saturated heterocycles. The topological polar surface area (TPSA) is 100 Å². The number of anilines is 2. The van der Waals surface area contributed by atoms with Gasteiger partial charge in [0.2, 0.25) is 11.8 Å². The summed E-state index contributed by atoms with van der Waals surface area (Å²) >= 11 is 0. The number of carbonyl (C=O) groups excluding carboxylic acids is 1. The third kappa shape index (κ3) is 4.43. The molecule has 1 aliphatic heterocycles. The van der Waals surface area contributed by atoms with Crippen molar-refractivity contribution >= 4 is 17.8 Å². The monoisotopic (exact) mass is 345 g/mol. The van der Waals surface area contributed by atoms with Crippen LogP contribution in [0.5, 0.6) is 0 Å². The van der Waals surface area contributed by atoms with Crippen molar-refractivity contribution in [1.29, 1.82) is 0 Å². The minimum Gasteiger partial charge on any atom is -0.363 e. The predicted molar refractivity (Wildman–Crippen MR) is 92.4 cm³/mol. The molecule has 2 amide bonds. The summed E-state index contributed by atoms with van der Waals surface area (Å²) in [6, 6.07) is 1.62. The summed E-state index contributed by atoms with van der Waals surface area (Å²) in [5, 5.41) is 6.73. The van der Waals surface area contributed by atoms with Crippen LogP contribution in [-0.2, 0) is 6.42 Å². The van der Waals surface area contributed by atoms with E-state index in [1.54, 1.807) is 24.1 Å². The van der Waals surface area contributed by atoms with Crippen LogP contribution in [0.25, 0.3) is 0 Å². The van der Waals surface area contributed by atoms with Crippen molar-refractivity contribution in [3.63, 3.8) is 0 Å². The molecule has 1 N–H and O–H groups in total. The summed E-state index contributed by atoms with van der Waals surface area (Å²) in [5.74, 6) is 2.65. The van der Waals surface area contributed by atoms with Gasteiger partial charge < -0.3 is 14.3 Å². The van der Waals surface area contributed by atoms with Gasteiger partial charge in [-0.3, -0.25) is 5.32 Å². The molecular formula is C16H23N7O2. The number of nitrogens with zero attached hydrogens (tertiary/aromatic N) is 6. The van der Waals surface area contributed by atoms with E-state index >= 15 is 0 Å². The average molecular weight is 345 g/mol. The number of urea groups is 1. The molecule has 134 valence electrons. The Morgan fingerprint density at radius 2 is 2.28 bits per heavy atom. The second kappa shape index (κ2) is 7.45. The van der Waals surface area contributed by atoms with Crippen LogP contribution < -0.4 is 10.2 Å². The minimum absolute atomic E-state index is 0.176. The fraction of sp³-hybridized carbons (Fsp3) is 0.562. The summed E-state index contributed by atoms with van der Waals surface area (Å²) in [5.41, 5.74) is 0. The highest BCUT2D eigenvalue weighted by Gasteiger charge is 2.25. The number of amides is 2. The molecule has 0 aliphatic carbocycles. The van der Waals surface area contributed by atoms with Gasteiger partial charge in [0.05, 0.1) is 0 Å². The van der Waals surface area contributed by atoms with Gasteiger partial charge >= 0.3 is 6.03 Å². The molecule has 1 fully saturated rings. The summed E-state index contributed by atoms with van der Waals surface area (Å²) in [6.45, 7) is 3.16. The molecule has 9 heteroatoms. The van der Waals surface area contributed by atoms with Crippen molar-refractivity contribution in [3.05, 3.63) is 24.0 Å². The number of aromatic nitrogens is 4. The largest absolute Gasteiger partial charge is 0.363 e. The maximum absolute atomic E-state index is 12.5. The Balaban J connectivity index is 1.59. The summed E-state index contributed by atoms with van der Waals surface area (Å²) in [6.07, 6.45) is 4.35. The van der Waals surface area contributed by atoms with E-state index in [0.29, 0.717) is 36.5 Å². The molecule has 1 aliphatic rings. The lowest BCUT2D eigenvalue weighted by atomic mass is 9.95. The van der Waals surface area contributed by atoms with E-state index in [2.05, 4.69) is 25.4 Å². The van der Waals surface area contributed by atoms with Crippen molar-refractivity contribution in [2.24, 2.45) is 5.92 Å². The molecule has 2 aromatic rings. The summed E-state index contributed by atoms with van der Waals surface area (Å²) in [4.78, 5) is 28.9. The number of hydrogen-bond donors (Lipinski definition) is 1. The van der Waals surface area contributed by atoms with Crippen LogP contribution in [0.15, 0.2) is 16.8 Å². The van der Waals surface area contributed by atoms with E-state index in [1.165, 1.54) is 0 Å². The fourth-order valence-electron chi connectivity index (χ4n) is 2.93. The van der Waals surface area contributed by atoms with Crippen molar-refractivity contribution < 1.29 is 9.32 Å². The zero-order valence-corrected chi connectivity index (χ0v) is 14.8. The Labute approximate surface area is 146 Å². The molecular weight excluding hydrogens is 322 g/mol. The van der Waals surface area contributed by atoms with Crippen LogP contribution in [0.4, 0.5) is 16.6 Å². The number of nitrogens with one attached hydrogen (secondary N) is 1. The van der Waals surface area contributed by atoms with Gasteiger partial charge in [0.25, 0.3) is 0 Å². The summed E-state index contributed by atoms with van der Waals surface area (Å²) in [7, 11) is 3.78. The van der Waals surface area contributed by atoms with Crippen LogP contribution in [0.1, 0.15) is 24.6 Å². The van der Waals surface area contributed by atoms with Gasteiger partial charge in [-0.15, -0.1) is 0 Å². The van der Waals surface area contributed by atoms with E-state index in [0.717, 1.165) is 25.2 Å². The normalized spacial score (nSPS) is 17.4. The lowest BCUT2D eigenvalue weighted by molar-refractivity contribution is 0.176. The van der Waals surface area contributed by atoms with Crippen LogP contribution in [0.3, 0.4) is 0 Å². The van der Waals surface area contributed by atoms with E-state index in [1.807, 2.05) is 19.0 Å². The van der Waals surface area contributed by atoms with Gasteiger partial charge in [0.15, 0.2) is 5.82 Å². The first kappa shape index (κ1) is 17.1. The number of hydrogen-bond acceptors (Lipinski definition) is 7. The fourth-order valence-corrected chi connectivity index (χ4v) is 2.93. The third-order valence-corrected chi connectivity index (χ3v) is 4.16. The molecule has 3 heterocycles. The molecule has 0 bridgehead atoms. The molecule has 2 aromatic heterocycles. The first-order valence-corrected chi connectivity index (χ1v) is 8.37. The van der Waals surface area contributed by atoms with Crippen LogP contribution in [0, 0.1) is 12.8 Å². The third-order valence-electron chi connectivity index (χ3n) is 4.16. The second-order valence-corrected chi connectivity index (χ2v) is 6.45. The number of carbonyl (C=O) groups is 1. The van der Waals surface area contributed by atoms with Gasteiger partial charge in [-0.05, 0) is 24.8 Å². The predicted octanol–water partition coefficient (Wildman–Crippen LogP) is 1.72. The van der Waals surface area contributed by atoms with Crippen LogP contribution in [-0.4, -0.2) is 58.2 Å². The number of piperidine rings is 1. The first-order chi connectivity index (χ1) is 12.0.